The normalized spacial score (nSPS) is 43.0. The second kappa shape index (κ2) is 4.62. The van der Waals surface area contributed by atoms with Crippen molar-refractivity contribution in [1.82, 2.24) is 0 Å². The van der Waals surface area contributed by atoms with Crippen LogP contribution in [0.3, 0.4) is 0 Å². The standard InChI is InChI=1S/C9H17BO4/c1-9(5-11)7(13-3)6(4-12-2)14-8(9)10/h6-8,11H,4-5H2,1-3H3/t6-,7-,8-,9-/m1/s1. The summed E-state index contributed by atoms with van der Waals surface area (Å²) in [5.41, 5.74) is -0.558. The van der Waals surface area contributed by atoms with Crippen molar-refractivity contribution in [2.75, 3.05) is 27.4 Å². The van der Waals surface area contributed by atoms with Crippen molar-refractivity contribution in [3.05, 3.63) is 0 Å². The zero-order valence-electron chi connectivity index (χ0n) is 8.90. The maximum absolute atomic E-state index is 9.30. The Morgan fingerprint density at radius 1 is 1.50 bits per heavy atom. The fraction of sp³-hybridized carbons (Fsp3) is 1.00. The molecule has 1 heterocycles. The topological polar surface area (TPSA) is 47.9 Å². The zero-order valence-corrected chi connectivity index (χ0v) is 8.90. The molecule has 80 valence electrons. The third-order valence-electron chi connectivity index (χ3n) is 2.88. The van der Waals surface area contributed by atoms with Gasteiger partial charge in [-0.3, -0.25) is 0 Å². The van der Waals surface area contributed by atoms with Gasteiger partial charge in [-0.25, -0.2) is 0 Å². The van der Waals surface area contributed by atoms with Crippen LogP contribution in [0, 0.1) is 5.41 Å². The van der Waals surface area contributed by atoms with E-state index in [1.165, 1.54) is 0 Å². The molecule has 1 aliphatic heterocycles. The molecule has 0 aromatic carbocycles. The zero-order chi connectivity index (χ0) is 10.8. The summed E-state index contributed by atoms with van der Waals surface area (Å²) in [5, 5.41) is 9.30. The summed E-state index contributed by atoms with van der Waals surface area (Å²) in [6.07, 6.45) is -0.445. The average Bonchev–Trinajstić information content (AvgIpc) is 2.40. The third-order valence-corrected chi connectivity index (χ3v) is 2.88. The Hall–Kier alpha value is -0.0951. The van der Waals surface area contributed by atoms with Gasteiger partial charge in [0, 0.05) is 25.6 Å². The van der Waals surface area contributed by atoms with Crippen LogP contribution in [0.25, 0.3) is 0 Å². The molecule has 1 N–H and O–H groups in total. The van der Waals surface area contributed by atoms with Crippen molar-refractivity contribution in [3.63, 3.8) is 0 Å². The lowest BCUT2D eigenvalue weighted by Gasteiger charge is -2.31. The fourth-order valence-corrected chi connectivity index (χ4v) is 1.89. The van der Waals surface area contributed by atoms with Crippen molar-refractivity contribution in [3.8, 4) is 0 Å². The summed E-state index contributed by atoms with van der Waals surface area (Å²) in [5.74, 6) is 0. The number of rotatable bonds is 4. The first-order chi connectivity index (χ1) is 6.60. The summed E-state index contributed by atoms with van der Waals surface area (Å²) < 4.78 is 15.8. The summed E-state index contributed by atoms with van der Waals surface area (Å²) in [4.78, 5) is 0. The van der Waals surface area contributed by atoms with Crippen molar-refractivity contribution < 1.29 is 19.3 Å². The van der Waals surface area contributed by atoms with E-state index < -0.39 is 11.4 Å². The Morgan fingerprint density at radius 3 is 2.57 bits per heavy atom. The van der Waals surface area contributed by atoms with Gasteiger partial charge >= 0.3 is 0 Å². The first-order valence-electron chi connectivity index (χ1n) is 4.63. The van der Waals surface area contributed by atoms with Gasteiger partial charge in [0.15, 0.2) is 0 Å². The predicted octanol–water partition coefficient (Wildman–Crippen LogP) is -0.460. The van der Waals surface area contributed by atoms with Crippen LogP contribution in [0.5, 0.6) is 0 Å². The van der Waals surface area contributed by atoms with Crippen molar-refractivity contribution >= 4 is 7.85 Å². The molecule has 14 heavy (non-hydrogen) atoms. The Balaban J connectivity index is 2.77. The molecule has 1 fully saturated rings. The van der Waals surface area contributed by atoms with E-state index in [4.69, 9.17) is 22.1 Å². The number of hydrogen-bond donors (Lipinski definition) is 1. The van der Waals surface area contributed by atoms with Gasteiger partial charge < -0.3 is 19.3 Å². The molecule has 0 unspecified atom stereocenters. The molecule has 0 aliphatic carbocycles. The van der Waals surface area contributed by atoms with Gasteiger partial charge in [0.1, 0.15) is 14.0 Å². The molecule has 1 aliphatic rings. The van der Waals surface area contributed by atoms with Crippen LogP contribution in [0.2, 0.25) is 0 Å². The minimum absolute atomic E-state index is 0.0626. The van der Waals surface area contributed by atoms with Crippen LogP contribution in [-0.2, 0) is 14.2 Å². The number of hydrogen-bond acceptors (Lipinski definition) is 4. The monoisotopic (exact) mass is 200 g/mol. The van der Waals surface area contributed by atoms with Crippen molar-refractivity contribution in [1.29, 1.82) is 0 Å². The van der Waals surface area contributed by atoms with Crippen LogP contribution in [0.15, 0.2) is 0 Å². The average molecular weight is 200 g/mol. The molecule has 0 spiro atoms. The maximum Gasteiger partial charge on any atom is 0.110 e. The largest absolute Gasteiger partial charge is 0.396 e. The van der Waals surface area contributed by atoms with Gasteiger partial charge in [-0.2, -0.15) is 0 Å². The van der Waals surface area contributed by atoms with Gasteiger partial charge in [-0.05, 0) is 0 Å². The van der Waals surface area contributed by atoms with Gasteiger partial charge in [0.2, 0.25) is 0 Å². The molecule has 4 nitrogen and oxygen atoms in total. The van der Waals surface area contributed by atoms with Crippen LogP contribution < -0.4 is 0 Å². The highest BCUT2D eigenvalue weighted by Crippen LogP contribution is 2.38. The number of aliphatic hydroxyl groups excluding tert-OH is 1. The Morgan fingerprint density at radius 2 is 2.14 bits per heavy atom. The van der Waals surface area contributed by atoms with E-state index in [-0.39, 0.29) is 18.8 Å². The Labute approximate surface area is 85.9 Å². The lowest BCUT2D eigenvalue weighted by Crippen LogP contribution is -2.43. The molecule has 2 radical (unpaired) electrons. The molecule has 1 saturated heterocycles. The fourth-order valence-electron chi connectivity index (χ4n) is 1.89. The Bertz CT molecular complexity index is 190. The van der Waals surface area contributed by atoms with Gasteiger partial charge in [-0.15, -0.1) is 0 Å². The molecule has 4 atom stereocenters. The van der Waals surface area contributed by atoms with E-state index in [0.717, 1.165) is 0 Å². The van der Waals surface area contributed by atoms with Crippen molar-refractivity contribution in [2.24, 2.45) is 5.41 Å². The Kier molecular flexibility index (Phi) is 3.95. The van der Waals surface area contributed by atoms with E-state index in [0.29, 0.717) is 6.61 Å². The van der Waals surface area contributed by atoms with E-state index in [1.54, 1.807) is 14.2 Å². The van der Waals surface area contributed by atoms with Crippen LogP contribution in [0.1, 0.15) is 6.92 Å². The molecule has 0 aromatic rings. The van der Waals surface area contributed by atoms with E-state index >= 15 is 0 Å². The molecule has 0 saturated carbocycles. The number of methoxy groups -OCH3 is 2. The summed E-state index contributed by atoms with van der Waals surface area (Å²) in [6.45, 7) is 2.20. The highest BCUT2D eigenvalue weighted by atomic mass is 16.6. The van der Waals surface area contributed by atoms with E-state index in [9.17, 15) is 5.11 Å². The van der Waals surface area contributed by atoms with Gasteiger partial charge in [0.05, 0.1) is 19.3 Å². The third kappa shape index (κ3) is 1.82. The first kappa shape index (κ1) is 12.0. The molecule has 1 rings (SSSR count). The molecule has 0 amide bonds. The second-order valence-electron chi connectivity index (χ2n) is 3.87. The van der Waals surface area contributed by atoms with E-state index in [2.05, 4.69) is 0 Å². The first-order valence-corrected chi connectivity index (χ1v) is 4.63. The van der Waals surface area contributed by atoms with Crippen LogP contribution in [0.4, 0.5) is 0 Å². The minimum atomic E-state index is -0.558. The lowest BCUT2D eigenvalue weighted by atomic mass is 9.72. The lowest BCUT2D eigenvalue weighted by molar-refractivity contribution is -0.0466. The highest BCUT2D eigenvalue weighted by molar-refractivity contribution is 6.11. The predicted molar refractivity (Wildman–Crippen MR) is 52.3 cm³/mol. The summed E-state index contributed by atoms with van der Waals surface area (Å²) in [7, 11) is 8.97. The highest BCUT2D eigenvalue weighted by Gasteiger charge is 2.51. The van der Waals surface area contributed by atoms with Gasteiger partial charge in [-0.1, -0.05) is 6.92 Å². The SMILES string of the molecule is [B][C@@H]1O[C@H](COC)[C@@H](OC)[C@@]1(C)CO. The molecule has 0 bridgehead atoms. The second-order valence-corrected chi connectivity index (χ2v) is 3.87. The molecule has 0 aromatic heterocycles. The maximum atomic E-state index is 9.30. The van der Waals surface area contributed by atoms with Crippen LogP contribution in [-0.4, -0.2) is 58.6 Å². The van der Waals surface area contributed by atoms with Crippen LogP contribution >= 0.6 is 0 Å². The summed E-state index contributed by atoms with van der Waals surface area (Å²) in [6, 6.07) is -0.516. The minimum Gasteiger partial charge on any atom is -0.396 e. The molecular weight excluding hydrogens is 183 g/mol. The summed E-state index contributed by atoms with van der Waals surface area (Å²) >= 11 is 0. The number of aliphatic hydroxyl groups is 1. The van der Waals surface area contributed by atoms with Crippen molar-refractivity contribution in [2.45, 2.75) is 25.1 Å². The quantitative estimate of drug-likeness (QED) is 0.624. The molecular formula is C9H17BO4. The molecule has 5 heteroatoms. The van der Waals surface area contributed by atoms with E-state index in [1.807, 2.05) is 6.92 Å². The number of ether oxygens (including phenoxy) is 3. The smallest absolute Gasteiger partial charge is 0.110 e. The van der Waals surface area contributed by atoms with Gasteiger partial charge in [0.25, 0.3) is 0 Å².